The molecule has 0 aliphatic rings. The van der Waals surface area contributed by atoms with Gasteiger partial charge >= 0.3 is 0 Å². The molecular formula is C18H10Cl4N8O7S2. The lowest BCUT2D eigenvalue weighted by atomic mass is 10.3. The molecule has 0 atom stereocenters. The molecule has 4 rings (SSSR count). The number of halogens is 4. The number of H-pyrrole nitrogens is 1. The van der Waals surface area contributed by atoms with Gasteiger partial charge in [-0.25, -0.2) is 4.68 Å². The molecule has 2 aromatic carbocycles. The fourth-order valence-electron chi connectivity index (χ4n) is 3.01. The highest BCUT2D eigenvalue weighted by Crippen LogP contribution is 2.32. The lowest BCUT2D eigenvalue weighted by Crippen LogP contribution is -2.15. The monoisotopic (exact) mass is 654 g/mol. The molecule has 0 amide bonds. The molecule has 4 aromatic rings. The van der Waals surface area contributed by atoms with E-state index in [0.29, 0.717) is 0 Å². The summed E-state index contributed by atoms with van der Waals surface area (Å²) in [5, 5.41) is 11.6. The topological polar surface area (TPSA) is 222 Å². The van der Waals surface area contributed by atoms with E-state index < -0.39 is 40.6 Å². The molecule has 4 N–H and O–H groups in total. The molecule has 2 heterocycles. The van der Waals surface area contributed by atoms with Crippen LogP contribution in [-0.2, 0) is 20.2 Å². The van der Waals surface area contributed by atoms with E-state index in [1.165, 1.54) is 6.07 Å². The lowest BCUT2D eigenvalue weighted by molar-refractivity contribution is 0.481. The van der Waals surface area contributed by atoms with E-state index in [1.807, 2.05) is 0 Å². The number of hydrogen-bond acceptors (Lipinski definition) is 11. The fraction of sp³-hybridized carbons (Fsp3) is 0. The summed E-state index contributed by atoms with van der Waals surface area (Å²) in [6.07, 6.45) is 1.08. The average Bonchev–Trinajstić information content (AvgIpc) is 3.17. The van der Waals surface area contributed by atoms with Gasteiger partial charge in [-0.3, -0.25) is 19.0 Å². The minimum atomic E-state index is -4.77. The van der Waals surface area contributed by atoms with Crippen molar-refractivity contribution >= 4 is 89.7 Å². The minimum Gasteiger partial charge on any atom is -0.324 e. The first-order valence-corrected chi connectivity index (χ1v) is 14.2. The smallest absolute Gasteiger partial charge is 0.299 e. The Kier molecular flexibility index (Phi) is 7.97. The zero-order valence-electron chi connectivity index (χ0n) is 18.4. The number of hydrogen-bond donors (Lipinski definition) is 4. The zero-order chi connectivity index (χ0) is 28.7. The molecule has 204 valence electrons. The van der Waals surface area contributed by atoms with E-state index in [4.69, 9.17) is 46.4 Å². The Morgan fingerprint density at radius 1 is 0.821 bits per heavy atom. The van der Waals surface area contributed by atoms with Crippen molar-refractivity contribution in [2.24, 2.45) is 10.2 Å². The van der Waals surface area contributed by atoms with Crippen molar-refractivity contribution in [2.45, 2.75) is 9.79 Å². The predicted molar refractivity (Wildman–Crippen MR) is 140 cm³/mol. The van der Waals surface area contributed by atoms with Crippen LogP contribution >= 0.6 is 46.4 Å². The van der Waals surface area contributed by atoms with Gasteiger partial charge in [0.2, 0.25) is 16.5 Å². The molecule has 0 aliphatic carbocycles. The molecule has 0 unspecified atom stereocenters. The van der Waals surface area contributed by atoms with Crippen molar-refractivity contribution in [3.05, 3.63) is 67.5 Å². The maximum Gasteiger partial charge on any atom is 0.299 e. The molecule has 0 saturated heterocycles. The quantitative estimate of drug-likeness (QED) is 0.159. The van der Waals surface area contributed by atoms with E-state index in [2.05, 4.69) is 35.6 Å². The van der Waals surface area contributed by atoms with Crippen LogP contribution in [0.15, 0.2) is 61.3 Å². The number of benzene rings is 2. The molecule has 2 aromatic heterocycles. The molecular weight excluding hydrogens is 646 g/mol. The summed E-state index contributed by atoms with van der Waals surface area (Å²) < 4.78 is 66.2. The third kappa shape index (κ3) is 6.53. The Bertz CT molecular complexity index is 1910. The number of rotatable bonds is 7. The Labute approximate surface area is 237 Å². The van der Waals surface area contributed by atoms with Crippen LogP contribution in [0.25, 0.3) is 5.69 Å². The largest absolute Gasteiger partial charge is 0.324 e. The zero-order valence-corrected chi connectivity index (χ0v) is 23.1. The number of azo groups is 1. The standard InChI is InChI=1S/C18H10Cl4N8O7S2/c19-8-5-14(39(35,36)37)9(20)4-12(8)30-15(31)11(6-23-30)29-28-10-3-7(1-2-13(10)38(32,33)34)24-18-26-16(21)25-17(22)27-18/h1-6,23H,(H,32,33,34)(H,35,36,37)(H,24,25,26,27). The highest BCUT2D eigenvalue weighted by molar-refractivity contribution is 7.86. The number of nitrogens with zero attached hydrogens (tertiary/aromatic N) is 6. The number of anilines is 2. The Hall–Kier alpha value is -3.16. The third-order valence-corrected chi connectivity index (χ3v) is 7.47. The first-order valence-electron chi connectivity index (χ1n) is 9.78. The van der Waals surface area contributed by atoms with E-state index in [9.17, 15) is 30.7 Å². The van der Waals surface area contributed by atoms with Crippen LogP contribution in [0.2, 0.25) is 20.6 Å². The van der Waals surface area contributed by atoms with Crippen molar-refractivity contribution in [3.8, 4) is 5.69 Å². The highest BCUT2D eigenvalue weighted by Gasteiger charge is 2.21. The summed E-state index contributed by atoms with van der Waals surface area (Å²) in [6, 6.07) is 5.25. The van der Waals surface area contributed by atoms with Crippen molar-refractivity contribution in [1.82, 2.24) is 24.7 Å². The fourth-order valence-corrected chi connectivity index (χ4v) is 5.31. The van der Waals surface area contributed by atoms with Crippen molar-refractivity contribution in [3.63, 3.8) is 0 Å². The van der Waals surface area contributed by atoms with Crippen LogP contribution in [-0.4, -0.2) is 50.7 Å². The molecule has 0 radical (unpaired) electrons. The van der Waals surface area contributed by atoms with E-state index in [1.54, 1.807) is 0 Å². The molecule has 0 saturated carbocycles. The van der Waals surface area contributed by atoms with Gasteiger partial charge in [-0.05, 0) is 53.5 Å². The SMILES string of the molecule is O=c1c(N=Nc2cc(Nc3nc(Cl)nc(Cl)n3)ccc2S(=O)(=O)O)c[nH]n1-c1cc(Cl)c(S(=O)(=O)O)cc1Cl. The van der Waals surface area contributed by atoms with E-state index >= 15 is 0 Å². The van der Waals surface area contributed by atoms with Gasteiger partial charge in [0.1, 0.15) is 15.5 Å². The molecule has 21 heteroatoms. The van der Waals surface area contributed by atoms with Gasteiger partial charge < -0.3 is 5.32 Å². The van der Waals surface area contributed by atoms with Crippen molar-refractivity contribution < 1.29 is 25.9 Å². The summed E-state index contributed by atoms with van der Waals surface area (Å²) in [5.41, 5.74) is -1.52. The van der Waals surface area contributed by atoms with Crippen LogP contribution in [0.5, 0.6) is 0 Å². The predicted octanol–water partition coefficient (Wildman–Crippen LogP) is 4.62. The van der Waals surface area contributed by atoms with Gasteiger partial charge in [-0.2, -0.15) is 31.8 Å². The summed E-state index contributed by atoms with van der Waals surface area (Å²) in [5.74, 6) is -0.0911. The molecule has 15 nitrogen and oxygen atoms in total. The van der Waals surface area contributed by atoms with Crippen LogP contribution in [0.1, 0.15) is 0 Å². The van der Waals surface area contributed by atoms with Gasteiger partial charge in [0.25, 0.3) is 25.8 Å². The van der Waals surface area contributed by atoms with Crippen molar-refractivity contribution in [1.29, 1.82) is 0 Å². The molecule has 0 bridgehead atoms. The number of aromatic amines is 1. The van der Waals surface area contributed by atoms with Crippen LogP contribution in [0.4, 0.5) is 23.0 Å². The molecule has 0 fully saturated rings. The maximum absolute atomic E-state index is 12.9. The second-order valence-corrected chi connectivity index (χ2v) is 11.5. The van der Waals surface area contributed by atoms with E-state index in [0.717, 1.165) is 35.1 Å². The molecule has 39 heavy (non-hydrogen) atoms. The number of aromatic nitrogens is 5. The Morgan fingerprint density at radius 2 is 1.44 bits per heavy atom. The van der Waals surface area contributed by atoms with Gasteiger partial charge in [-0.15, -0.1) is 10.2 Å². The third-order valence-electron chi connectivity index (χ3n) is 4.61. The van der Waals surface area contributed by atoms with Gasteiger partial charge in [0.05, 0.1) is 21.9 Å². The average molecular weight is 656 g/mol. The second kappa shape index (κ2) is 10.8. The van der Waals surface area contributed by atoms with Crippen LogP contribution < -0.4 is 10.9 Å². The summed E-state index contributed by atoms with van der Waals surface area (Å²) in [6.45, 7) is 0. The summed E-state index contributed by atoms with van der Waals surface area (Å²) in [4.78, 5) is 22.8. The first kappa shape index (κ1) is 28.8. The summed E-state index contributed by atoms with van der Waals surface area (Å²) in [7, 11) is -9.46. The van der Waals surface area contributed by atoms with Gasteiger partial charge in [0, 0.05) is 5.69 Å². The Morgan fingerprint density at radius 3 is 2.05 bits per heavy atom. The lowest BCUT2D eigenvalue weighted by Gasteiger charge is -2.08. The van der Waals surface area contributed by atoms with Gasteiger partial charge in [0.15, 0.2) is 5.69 Å². The molecule has 0 spiro atoms. The van der Waals surface area contributed by atoms with Crippen LogP contribution in [0.3, 0.4) is 0 Å². The number of nitrogens with one attached hydrogen (secondary N) is 2. The second-order valence-electron chi connectivity index (χ2n) is 7.19. The highest BCUT2D eigenvalue weighted by atomic mass is 35.5. The molecule has 0 aliphatic heterocycles. The van der Waals surface area contributed by atoms with Crippen LogP contribution in [0, 0.1) is 0 Å². The van der Waals surface area contributed by atoms with Gasteiger partial charge in [-0.1, -0.05) is 23.2 Å². The maximum atomic E-state index is 12.9. The first-order chi connectivity index (χ1) is 18.1. The van der Waals surface area contributed by atoms with E-state index in [-0.39, 0.29) is 44.3 Å². The minimum absolute atomic E-state index is 0.0911. The summed E-state index contributed by atoms with van der Waals surface area (Å²) >= 11 is 23.4. The van der Waals surface area contributed by atoms with Crippen molar-refractivity contribution in [2.75, 3.05) is 5.32 Å². The normalized spacial score (nSPS) is 12.3. The Balaban J connectivity index is 1.72.